The number of carbonyl (C=O) groups excluding carboxylic acids is 1. The molecule has 0 radical (unpaired) electrons. The summed E-state index contributed by atoms with van der Waals surface area (Å²) in [5.41, 5.74) is 4.19. The molecule has 3 aromatic rings. The normalized spacial score (nSPS) is 10.8. The van der Waals surface area contributed by atoms with Crippen molar-refractivity contribution in [2.75, 3.05) is 21.3 Å². The number of ether oxygens (including phenoxy) is 3. The van der Waals surface area contributed by atoms with E-state index < -0.39 is 0 Å². The van der Waals surface area contributed by atoms with E-state index in [1.165, 1.54) is 38.0 Å². The van der Waals surface area contributed by atoms with Crippen molar-refractivity contribution in [2.24, 2.45) is 5.10 Å². The highest BCUT2D eigenvalue weighted by molar-refractivity contribution is 7.13. The number of thiophene rings is 1. The highest BCUT2D eigenvalue weighted by Gasteiger charge is 2.16. The molecule has 0 fully saturated rings. The van der Waals surface area contributed by atoms with Crippen molar-refractivity contribution in [1.29, 1.82) is 0 Å². The second kappa shape index (κ2) is 8.37. The summed E-state index contributed by atoms with van der Waals surface area (Å²) in [4.78, 5) is 13.4. The summed E-state index contributed by atoms with van der Waals surface area (Å²) in [7, 11) is 4.58. The van der Waals surface area contributed by atoms with Gasteiger partial charge in [-0.15, -0.1) is 11.3 Å². The van der Waals surface area contributed by atoms with E-state index in [9.17, 15) is 4.79 Å². The lowest BCUT2D eigenvalue weighted by Gasteiger charge is -2.13. The van der Waals surface area contributed by atoms with Crippen LogP contribution >= 0.6 is 11.3 Å². The molecule has 0 bridgehead atoms. The molecule has 3 rings (SSSR count). The highest BCUT2D eigenvalue weighted by atomic mass is 32.1. The Hall–Kier alpha value is -3.33. The second-order valence-corrected chi connectivity index (χ2v) is 6.21. The maximum atomic E-state index is 12.4. The fraction of sp³-hybridized carbons (Fsp3) is 0.167. The van der Waals surface area contributed by atoms with Gasteiger partial charge in [-0.2, -0.15) is 10.2 Å². The van der Waals surface area contributed by atoms with Crippen LogP contribution in [0.25, 0.3) is 10.6 Å². The van der Waals surface area contributed by atoms with Gasteiger partial charge in [-0.3, -0.25) is 9.89 Å². The molecule has 0 aliphatic rings. The fourth-order valence-corrected chi connectivity index (χ4v) is 3.25. The molecule has 9 heteroatoms. The van der Waals surface area contributed by atoms with Gasteiger partial charge >= 0.3 is 0 Å². The van der Waals surface area contributed by atoms with Gasteiger partial charge in [0.05, 0.1) is 49.9 Å². The van der Waals surface area contributed by atoms with Crippen LogP contribution in [-0.2, 0) is 0 Å². The first-order valence-corrected chi connectivity index (χ1v) is 8.77. The largest absolute Gasteiger partial charge is 0.493 e. The number of amides is 1. The minimum atomic E-state index is -0.372. The standard InChI is InChI=1S/C18H18N4O4S/c1-24-13-7-6-11(16(25-2)17(13)26-3)9-19-22-18(23)12-10-20-21-15(12)14-5-4-8-27-14/h4-10H,1-3H3,(H,20,21)(H,22,23)/b19-9+. The predicted molar refractivity (Wildman–Crippen MR) is 103 cm³/mol. The molecule has 0 aliphatic heterocycles. The molecule has 1 aromatic carbocycles. The summed E-state index contributed by atoms with van der Waals surface area (Å²) in [6.45, 7) is 0. The number of benzene rings is 1. The van der Waals surface area contributed by atoms with Crippen LogP contribution in [0.4, 0.5) is 0 Å². The van der Waals surface area contributed by atoms with Crippen LogP contribution in [-0.4, -0.2) is 43.6 Å². The predicted octanol–water partition coefficient (Wildman–Crippen LogP) is 2.93. The Morgan fingerprint density at radius 3 is 2.67 bits per heavy atom. The number of hydrogen-bond acceptors (Lipinski definition) is 7. The Balaban J connectivity index is 1.79. The molecule has 0 unspecified atom stereocenters. The number of hydrazone groups is 1. The average Bonchev–Trinajstić information content (AvgIpc) is 3.38. The Labute approximate surface area is 159 Å². The summed E-state index contributed by atoms with van der Waals surface area (Å²) >= 11 is 1.51. The van der Waals surface area contributed by atoms with Gasteiger partial charge in [0.25, 0.3) is 5.91 Å². The van der Waals surface area contributed by atoms with Gasteiger partial charge in [0.1, 0.15) is 0 Å². The van der Waals surface area contributed by atoms with Crippen LogP contribution in [0, 0.1) is 0 Å². The molecule has 2 aromatic heterocycles. The molecule has 2 N–H and O–H groups in total. The first-order chi connectivity index (χ1) is 13.2. The van der Waals surface area contributed by atoms with Gasteiger partial charge in [-0.05, 0) is 23.6 Å². The molecular weight excluding hydrogens is 368 g/mol. The number of rotatable bonds is 7. The minimum absolute atomic E-state index is 0.372. The van der Waals surface area contributed by atoms with E-state index in [1.807, 2.05) is 17.5 Å². The second-order valence-electron chi connectivity index (χ2n) is 5.26. The zero-order chi connectivity index (χ0) is 19.2. The number of nitrogens with one attached hydrogen (secondary N) is 2. The lowest BCUT2D eigenvalue weighted by molar-refractivity contribution is 0.0956. The van der Waals surface area contributed by atoms with Crippen molar-refractivity contribution in [3.8, 4) is 27.8 Å². The van der Waals surface area contributed by atoms with Gasteiger partial charge in [0, 0.05) is 5.56 Å². The molecular formula is C18H18N4O4S. The van der Waals surface area contributed by atoms with E-state index in [4.69, 9.17) is 14.2 Å². The third kappa shape index (κ3) is 3.77. The quantitative estimate of drug-likeness (QED) is 0.481. The minimum Gasteiger partial charge on any atom is -0.493 e. The van der Waals surface area contributed by atoms with Crippen LogP contribution < -0.4 is 19.6 Å². The number of H-pyrrole nitrogens is 1. The molecule has 0 aliphatic carbocycles. The van der Waals surface area contributed by atoms with E-state index in [1.54, 1.807) is 19.2 Å². The summed E-state index contributed by atoms with van der Waals surface area (Å²) < 4.78 is 16.0. The van der Waals surface area contributed by atoms with Gasteiger partial charge in [0.15, 0.2) is 11.5 Å². The molecule has 0 atom stereocenters. The van der Waals surface area contributed by atoms with Crippen LogP contribution in [0.1, 0.15) is 15.9 Å². The number of aromatic nitrogens is 2. The van der Waals surface area contributed by atoms with Crippen molar-refractivity contribution in [1.82, 2.24) is 15.6 Å². The summed E-state index contributed by atoms with van der Waals surface area (Å²) in [6.07, 6.45) is 2.94. The summed E-state index contributed by atoms with van der Waals surface area (Å²) in [5.74, 6) is 1.07. The van der Waals surface area contributed by atoms with E-state index in [-0.39, 0.29) is 5.91 Å². The number of aromatic amines is 1. The molecule has 0 saturated carbocycles. The third-order valence-electron chi connectivity index (χ3n) is 3.76. The molecule has 0 saturated heterocycles. The van der Waals surface area contributed by atoms with E-state index in [2.05, 4.69) is 20.7 Å². The van der Waals surface area contributed by atoms with Crippen molar-refractivity contribution in [3.63, 3.8) is 0 Å². The van der Waals surface area contributed by atoms with Crippen molar-refractivity contribution in [3.05, 3.63) is 47.0 Å². The van der Waals surface area contributed by atoms with Crippen LogP contribution in [0.3, 0.4) is 0 Å². The van der Waals surface area contributed by atoms with Crippen molar-refractivity contribution >= 4 is 23.5 Å². The lowest BCUT2D eigenvalue weighted by atomic mass is 10.2. The zero-order valence-electron chi connectivity index (χ0n) is 15.0. The fourth-order valence-electron chi connectivity index (χ4n) is 2.51. The zero-order valence-corrected chi connectivity index (χ0v) is 15.8. The molecule has 8 nitrogen and oxygen atoms in total. The number of hydrogen-bond donors (Lipinski definition) is 2. The molecule has 1 amide bonds. The van der Waals surface area contributed by atoms with E-state index in [0.29, 0.717) is 34.1 Å². The molecule has 27 heavy (non-hydrogen) atoms. The van der Waals surface area contributed by atoms with Gasteiger partial charge < -0.3 is 14.2 Å². The van der Waals surface area contributed by atoms with E-state index >= 15 is 0 Å². The first kappa shape index (κ1) is 18.5. The monoisotopic (exact) mass is 386 g/mol. The SMILES string of the molecule is COc1ccc(/C=N/NC(=O)c2cn[nH]c2-c2cccs2)c(OC)c1OC. The maximum Gasteiger partial charge on any atom is 0.275 e. The Morgan fingerprint density at radius 1 is 1.19 bits per heavy atom. The molecule has 2 heterocycles. The highest BCUT2D eigenvalue weighted by Crippen LogP contribution is 2.39. The molecule has 140 valence electrons. The van der Waals surface area contributed by atoms with Gasteiger partial charge in [-0.25, -0.2) is 5.43 Å². The number of methoxy groups -OCH3 is 3. The third-order valence-corrected chi connectivity index (χ3v) is 4.64. The Morgan fingerprint density at radius 2 is 2.00 bits per heavy atom. The summed E-state index contributed by atoms with van der Waals surface area (Å²) in [5, 5.41) is 12.7. The molecule has 0 spiro atoms. The maximum absolute atomic E-state index is 12.4. The number of nitrogens with zero attached hydrogens (tertiary/aromatic N) is 2. The van der Waals surface area contributed by atoms with Crippen molar-refractivity contribution < 1.29 is 19.0 Å². The average molecular weight is 386 g/mol. The van der Waals surface area contributed by atoms with E-state index in [0.717, 1.165) is 4.88 Å². The van der Waals surface area contributed by atoms with Gasteiger partial charge in [-0.1, -0.05) is 6.07 Å². The smallest absolute Gasteiger partial charge is 0.275 e. The van der Waals surface area contributed by atoms with Gasteiger partial charge in [0.2, 0.25) is 5.75 Å². The van der Waals surface area contributed by atoms with Crippen LogP contribution in [0.15, 0.2) is 40.9 Å². The summed E-state index contributed by atoms with van der Waals surface area (Å²) in [6, 6.07) is 7.30. The van der Waals surface area contributed by atoms with Crippen molar-refractivity contribution in [2.45, 2.75) is 0 Å². The topological polar surface area (TPSA) is 97.8 Å². The first-order valence-electron chi connectivity index (χ1n) is 7.89. The lowest BCUT2D eigenvalue weighted by Crippen LogP contribution is -2.17. The van der Waals surface area contributed by atoms with Crippen LogP contribution in [0.5, 0.6) is 17.2 Å². The Bertz CT molecular complexity index is 950. The number of carbonyl (C=O) groups is 1. The van der Waals surface area contributed by atoms with Crippen LogP contribution in [0.2, 0.25) is 0 Å². The Kier molecular flexibility index (Phi) is 5.72.